The van der Waals surface area contributed by atoms with Gasteiger partial charge in [-0.15, -0.1) is 0 Å². The van der Waals surface area contributed by atoms with Gasteiger partial charge in [-0.25, -0.2) is 8.42 Å². The molecule has 1 atom stereocenters. The van der Waals surface area contributed by atoms with Crippen LogP contribution in [0.25, 0.3) is 0 Å². The highest BCUT2D eigenvalue weighted by Crippen LogP contribution is 2.29. The summed E-state index contributed by atoms with van der Waals surface area (Å²) in [6.45, 7) is 4.71. The molecule has 0 aliphatic carbocycles. The third-order valence-corrected chi connectivity index (χ3v) is 9.03. The minimum atomic E-state index is -3.95. The molecule has 1 fully saturated rings. The molecule has 0 radical (unpaired) electrons. The second kappa shape index (κ2) is 13.8. The highest BCUT2D eigenvalue weighted by Gasteiger charge is 2.33. The standard InChI is InChI=1S/C34H37N3O4S/c1-2-41-30-18-20-31(21-19-30)42(39,40)35-32(26-27-12-6-3-7-13-27)34(38)37-24-22-36(23-25-37)33(28-14-8-4-9-15-28)29-16-10-5-11-17-29/h3-21,32-33,35H,2,22-26H2,1H3. The van der Waals surface area contributed by atoms with Crippen LogP contribution in [0.15, 0.2) is 120 Å². The molecular formula is C34H37N3O4S. The van der Waals surface area contributed by atoms with Crippen molar-refractivity contribution in [3.8, 4) is 5.75 Å². The van der Waals surface area contributed by atoms with Gasteiger partial charge in [-0.3, -0.25) is 9.69 Å². The predicted octanol–water partition coefficient (Wildman–Crippen LogP) is 4.91. The molecule has 1 aliphatic rings. The quantitative estimate of drug-likeness (QED) is 0.272. The lowest BCUT2D eigenvalue weighted by molar-refractivity contribution is -0.135. The fraction of sp³-hybridized carbons (Fsp3) is 0.265. The fourth-order valence-electron chi connectivity index (χ4n) is 5.47. The Morgan fingerprint density at radius 1 is 0.762 bits per heavy atom. The van der Waals surface area contributed by atoms with E-state index in [1.807, 2.05) is 49.4 Å². The van der Waals surface area contributed by atoms with Crippen LogP contribution in [0.4, 0.5) is 0 Å². The van der Waals surface area contributed by atoms with Crippen molar-refractivity contribution in [2.75, 3.05) is 32.8 Å². The Morgan fingerprint density at radius 3 is 1.81 bits per heavy atom. The summed E-state index contributed by atoms with van der Waals surface area (Å²) in [6, 6.07) is 35.7. The van der Waals surface area contributed by atoms with Crippen LogP contribution in [0.1, 0.15) is 29.7 Å². The zero-order valence-corrected chi connectivity index (χ0v) is 24.6. The zero-order valence-electron chi connectivity index (χ0n) is 23.8. The highest BCUT2D eigenvalue weighted by atomic mass is 32.2. The molecule has 5 rings (SSSR count). The molecule has 1 heterocycles. The van der Waals surface area contributed by atoms with Gasteiger partial charge in [0.2, 0.25) is 15.9 Å². The topological polar surface area (TPSA) is 78.9 Å². The molecular weight excluding hydrogens is 546 g/mol. The number of nitrogens with one attached hydrogen (secondary N) is 1. The Bertz CT molecular complexity index is 1490. The maximum atomic E-state index is 13.9. The SMILES string of the molecule is CCOc1ccc(S(=O)(=O)NC(Cc2ccccc2)C(=O)N2CCN(C(c3ccccc3)c3ccccc3)CC2)cc1. The second-order valence-corrected chi connectivity index (χ2v) is 12.1. The van der Waals surface area contributed by atoms with E-state index in [1.165, 1.54) is 23.3 Å². The summed E-state index contributed by atoms with van der Waals surface area (Å²) in [4.78, 5) is 18.2. The molecule has 42 heavy (non-hydrogen) atoms. The first-order valence-corrected chi connectivity index (χ1v) is 15.8. The minimum Gasteiger partial charge on any atom is -0.494 e. The van der Waals surface area contributed by atoms with Gasteiger partial charge in [0.05, 0.1) is 17.5 Å². The Balaban J connectivity index is 1.33. The van der Waals surface area contributed by atoms with Gasteiger partial charge >= 0.3 is 0 Å². The first-order chi connectivity index (χ1) is 20.4. The first-order valence-electron chi connectivity index (χ1n) is 14.4. The van der Waals surface area contributed by atoms with Crippen LogP contribution in [-0.4, -0.2) is 63.0 Å². The van der Waals surface area contributed by atoms with Crippen molar-refractivity contribution in [2.45, 2.75) is 30.3 Å². The van der Waals surface area contributed by atoms with E-state index in [0.717, 1.165) is 5.56 Å². The first kappa shape index (κ1) is 29.5. The lowest BCUT2D eigenvalue weighted by Gasteiger charge is -2.40. The van der Waals surface area contributed by atoms with E-state index < -0.39 is 16.1 Å². The summed E-state index contributed by atoms with van der Waals surface area (Å²) in [7, 11) is -3.95. The molecule has 8 heteroatoms. The third-order valence-electron chi connectivity index (χ3n) is 7.54. The number of piperazine rings is 1. The smallest absolute Gasteiger partial charge is 0.241 e. The number of amides is 1. The maximum absolute atomic E-state index is 13.9. The summed E-state index contributed by atoms with van der Waals surface area (Å²) in [6.07, 6.45) is 0.257. The van der Waals surface area contributed by atoms with Crippen molar-refractivity contribution in [2.24, 2.45) is 0 Å². The zero-order chi connectivity index (χ0) is 29.4. The molecule has 218 valence electrons. The Labute approximate surface area is 248 Å². The van der Waals surface area contributed by atoms with Crippen LogP contribution < -0.4 is 9.46 Å². The number of carbonyl (C=O) groups excluding carboxylic acids is 1. The molecule has 1 amide bonds. The summed E-state index contributed by atoms with van der Waals surface area (Å²) >= 11 is 0. The Hall–Kier alpha value is -3.98. The van der Waals surface area contributed by atoms with E-state index >= 15 is 0 Å². The average molecular weight is 584 g/mol. The molecule has 1 N–H and O–H groups in total. The third kappa shape index (κ3) is 7.26. The van der Waals surface area contributed by atoms with Gasteiger partial charge in [0.15, 0.2) is 0 Å². The normalized spacial score (nSPS) is 15.0. The average Bonchev–Trinajstić information content (AvgIpc) is 3.03. The van der Waals surface area contributed by atoms with Gasteiger partial charge in [0.1, 0.15) is 11.8 Å². The summed E-state index contributed by atoms with van der Waals surface area (Å²) in [5, 5.41) is 0. The number of rotatable bonds is 11. The largest absolute Gasteiger partial charge is 0.494 e. The van der Waals surface area contributed by atoms with Crippen LogP contribution in [0.3, 0.4) is 0 Å². The lowest BCUT2D eigenvalue weighted by atomic mass is 9.96. The maximum Gasteiger partial charge on any atom is 0.241 e. The van der Waals surface area contributed by atoms with Gasteiger partial charge in [0, 0.05) is 26.2 Å². The van der Waals surface area contributed by atoms with Crippen molar-refractivity contribution in [1.82, 2.24) is 14.5 Å². The van der Waals surface area contributed by atoms with Crippen LogP contribution >= 0.6 is 0 Å². The van der Waals surface area contributed by atoms with Crippen molar-refractivity contribution < 1.29 is 17.9 Å². The Kier molecular flexibility index (Phi) is 9.69. The van der Waals surface area contributed by atoms with Crippen molar-refractivity contribution in [1.29, 1.82) is 0 Å². The second-order valence-electron chi connectivity index (χ2n) is 10.4. The molecule has 4 aromatic carbocycles. The van der Waals surface area contributed by atoms with Crippen LogP contribution in [0, 0.1) is 0 Å². The monoisotopic (exact) mass is 583 g/mol. The molecule has 7 nitrogen and oxygen atoms in total. The summed E-state index contributed by atoms with van der Waals surface area (Å²) < 4.78 is 35.0. The molecule has 0 spiro atoms. The fourth-order valence-corrected chi connectivity index (χ4v) is 6.66. The van der Waals surface area contributed by atoms with Gasteiger partial charge in [-0.05, 0) is 54.3 Å². The van der Waals surface area contributed by atoms with Crippen molar-refractivity contribution >= 4 is 15.9 Å². The molecule has 0 aromatic heterocycles. The number of ether oxygens (including phenoxy) is 1. The van der Waals surface area contributed by atoms with E-state index in [-0.39, 0.29) is 23.3 Å². The predicted molar refractivity (Wildman–Crippen MR) is 165 cm³/mol. The molecule has 0 saturated carbocycles. The van der Waals surface area contributed by atoms with E-state index in [0.29, 0.717) is 38.5 Å². The van der Waals surface area contributed by atoms with E-state index in [1.54, 1.807) is 17.0 Å². The van der Waals surface area contributed by atoms with E-state index in [4.69, 9.17) is 4.74 Å². The number of hydrogen-bond acceptors (Lipinski definition) is 5. The van der Waals surface area contributed by atoms with Crippen molar-refractivity contribution in [3.05, 3.63) is 132 Å². The van der Waals surface area contributed by atoms with E-state index in [2.05, 4.69) is 58.2 Å². The van der Waals surface area contributed by atoms with Crippen LogP contribution in [0.2, 0.25) is 0 Å². The van der Waals surface area contributed by atoms with Crippen LogP contribution in [-0.2, 0) is 21.2 Å². The minimum absolute atomic E-state index is 0.0722. The van der Waals surface area contributed by atoms with Gasteiger partial charge < -0.3 is 9.64 Å². The molecule has 1 aliphatic heterocycles. The van der Waals surface area contributed by atoms with Crippen molar-refractivity contribution in [3.63, 3.8) is 0 Å². The molecule has 0 bridgehead atoms. The van der Waals surface area contributed by atoms with Gasteiger partial charge in [-0.1, -0.05) is 91.0 Å². The summed E-state index contributed by atoms with van der Waals surface area (Å²) in [5.41, 5.74) is 3.29. The number of nitrogens with zero attached hydrogens (tertiary/aromatic N) is 2. The van der Waals surface area contributed by atoms with Crippen LogP contribution in [0.5, 0.6) is 5.75 Å². The number of hydrogen-bond donors (Lipinski definition) is 1. The van der Waals surface area contributed by atoms with E-state index in [9.17, 15) is 13.2 Å². The highest BCUT2D eigenvalue weighted by molar-refractivity contribution is 7.89. The Morgan fingerprint density at radius 2 is 1.29 bits per heavy atom. The number of carbonyl (C=O) groups is 1. The molecule has 1 unspecified atom stereocenters. The lowest BCUT2D eigenvalue weighted by Crippen LogP contribution is -2.56. The molecule has 1 saturated heterocycles. The summed E-state index contributed by atoms with van der Waals surface area (Å²) in [5.74, 6) is 0.375. The molecule has 4 aromatic rings. The number of sulfonamides is 1. The number of benzene rings is 4. The van der Waals surface area contributed by atoms with Gasteiger partial charge in [0.25, 0.3) is 0 Å². The van der Waals surface area contributed by atoms with Gasteiger partial charge in [-0.2, -0.15) is 4.72 Å².